The van der Waals surface area contributed by atoms with Gasteiger partial charge in [-0.05, 0) is 26.3 Å². The number of primary amides is 1. The smallest absolute Gasteiger partial charge is 0.326 e. The van der Waals surface area contributed by atoms with Crippen molar-refractivity contribution in [3.05, 3.63) is 0 Å². The molecule has 11 N–H and O–H groups in total. The fraction of sp³-hybridized carbons (Fsp3) is 0.688. The van der Waals surface area contributed by atoms with Crippen molar-refractivity contribution < 1.29 is 34.2 Å². The molecular formula is C16H30N6O7. The molecule has 4 unspecified atom stereocenters. The molecule has 0 aromatic carbocycles. The number of carbonyl (C=O) groups excluding carboxylic acids is 4. The summed E-state index contributed by atoms with van der Waals surface area (Å²) in [5.41, 5.74) is 16.0. The number of carboxylic acid groups (broad SMARTS) is 1. The van der Waals surface area contributed by atoms with Crippen LogP contribution in [0.25, 0.3) is 0 Å². The second-order valence-electron chi connectivity index (χ2n) is 6.46. The van der Waals surface area contributed by atoms with Crippen LogP contribution in [0.15, 0.2) is 0 Å². The van der Waals surface area contributed by atoms with E-state index in [1.54, 1.807) is 0 Å². The van der Waals surface area contributed by atoms with E-state index in [1.807, 2.05) is 5.32 Å². The Morgan fingerprint density at radius 1 is 1.03 bits per heavy atom. The second kappa shape index (κ2) is 13.4. The lowest BCUT2D eigenvalue weighted by Gasteiger charge is -2.23. The minimum absolute atomic E-state index is 0.389. The van der Waals surface area contributed by atoms with Gasteiger partial charge in [0.15, 0.2) is 0 Å². The molecule has 0 fully saturated rings. The van der Waals surface area contributed by atoms with Crippen molar-refractivity contribution in [1.29, 1.82) is 0 Å². The Kier molecular flexibility index (Phi) is 12.1. The molecule has 0 aliphatic heterocycles. The Morgan fingerprint density at radius 2 is 1.66 bits per heavy atom. The number of rotatable bonds is 14. The number of amides is 4. The first-order valence-corrected chi connectivity index (χ1v) is 9.01. The van der Waals surface area contributed by atoms with Crippen LogP contribution >= 0.6 is 0 Å². The van der Waals surface area contributed by atoms with Gasteiger partial charge in [0.05, 0.1) is 25.1 Å². The maximum Gasteiger partial charge on any atom is 0.326 e. The van der Waals surface area contributed by atoms with Crippen LogP contribution in [0.1, 0.15) is 32.6 Å². The van der Waals surface area contributed by atoms with Crippen molar-refractivity contribution in [3.63, 3.8) is 0 Å². The number of aliphatic hydroxyl groups is 1. The maximum atomic E-state index is 12.2. The number of nitrogens with two attached hydrogens (primary N) is 3. The molecule has 4 atom stereocenters. The van der Waals surface area contributed by atoms with Crippen LogP contribution in [0.5, 0.6) is 0 Å². The third-order valence-electron chi connectivity index (χ3n) is 3.83. The monoisotopic (exact) mass is 418 g/mol. The zero-order chi connectivity index (χ0) is 22.6. The van der Waals surface area contributed by atoms with Gasteiger partial charge < -0.3 is 43.4 Å². The molecule has 29 heavy (non-hydrogen) atoms. The Bertz CT molecular complexity index is 598. The molecular weight excluding hydrogens is 388 g/mol. The lowest BCUT2D eigenvalue weighted by molar-refractivity contribution is -0.144. The van der Waals surface area contributed by atoms with E-state index >= 15 is 0 Å². The zero-order valence-corrected chi connectivity index (χ0v) is 16.2. The van der Waals surface area contributed by atoms with Crippen LogP contribution in [0.2, 0.25) is 0 Å². The van der Waals surface area contributed by atoms with Crippen molar-refractivity contribution in [3.8, 4) is 0 Å². The molecule has 0 aliphatic rings. The molecule has 0 spiro atoms. The summed E-state index contributed by atoms with van der Waals surface area (Å²) in [6, 6.07) is -3.97. The average molecular weight is 418 g/mol. The number of aliphatic hydroxyl groups excluding tert-OH is 1. The summed E-state index contributed by atoms with van der Waals surface area (Å²) >= 11 is 0. The summed E-state index contributed by atoms with van der Waals surface area (Å²) in [6.07, 6.45) is -0.312. The average Bonchev–Trinajstić information content (AvgIpc) is 2.62. The number of carboxylic acids is 1. The summed E-state index contributed by atoms with van der Waals surface area (Å²) < 4.78 is 0. The summed E-state index contributed by atoms with van der Waals surface area (Å²) in [7, 11) is 0. The Morgan fingerprint density at radius 3 is 2.14 bits per heavy atom. The second-order valence-corrected chi connectivity index (χ2v) is 6.46. The highest BCUT2D eigenvalue weighted by molar-refractivity contribution is 5.93. The van der Waals surface area contributed by atoms with Crippen LogP contribution in [-0.4, -0.2) is 77.1 Å². The highest BCUT2D eigenvalue weighted by Crippen LogP contribution is 1.99. The maximum absolute atomic E-state index is 12.2. The minimum Gasteiger partial charge on any atom is -0.480 e. The highest BCUT2D eigenvalue weighted by Gasteiger charge is 2.30. The predicted octanol–water partition coefficient (Wildman–Crippen LogP) is -4.13. The fourth-order valence-corrected chi connectivity index (χ4v) is 2.23. The number of hydrogen-bond acceptors (Lipinski definition) is 8. The van der Waals surface area contributed by atoms with Gasteiger partial charge in [-0.25, -0.2) is 4.79 Å². The van der Waals surface area contributed by atoms with E-state index in [9.17, 15) is 29.1 Å². The van der Waals surface area contributed by atoms with Gasteiger partial charge in [-0.2, -0.15) is 0 Å². The van der Waals surface area contributed by atoms with Gasteiger partial charge in [-0.3, -0.25) is 19.2 Å². The summed E-state index contributed by atoms with van der Waals surface area (Å²) in [4.78, 5) is 58.0. The van der Waals surface area contributed by atoms with Crippen LogP contribution in [0.3, 0.4) is 0 Å². The van der Waals surface area contributed by atoms with E-state index in [-0.39, 0.29) is 0 Å². The number of aliphatic carboxylic acids is 1. The molecule has 0 saturated carbocycles. The summed E-state index contributed by atoms with van der Waals surface area (Å²) in [5, 5.41) is 25.2. The molecule has 166 valence electrons. The SMILES string of the molecule is CC(O)C(NC(=O)CNC(=O)C(N)CCCCN)C(=O)NC(CC(N)=O)C(=O)O. The summed E-state index contributed by atoms with van der Waals surface area (Å²) in [5.74, 6) is -4.88. The van der Waals surface area contributed by atoms with E-state index in [4.69, 9.17) is 22.3 Å². The van der Waals surface area contributed by atoms with Gasteiger partial charge in [0, 0.05) is 0 Å². The van der Waals surface area contributed by atoms with E-state index in [2.05, 4.69) is 10.6 Å². The van der Waals surface area contributed by atoms with E-state index in [0.29, 0.717) is 25.8 Å². The van der Waals surface area contributed by atoms with Crippen LogP contribution in [0, 0.1) is 0 Å². The zero-order valence-electron chi connectivity index (χ0n) is 16.2. The van der Waals surface area contributed by atoms with Crippen molar-refractivity contribution >= 4 is 29.6 Å². The normalized spacial score (nSPS) is 14.8. The van der Waals surface area contributed by atoms with Gasteiger partial charge in [-0.1, -0.05) is 6.42 Å². The van der Waals surface area contributed by atoms with E-state index in [0.717, 1.165) is 0 Å². The first-order valence-electron chi connectivity index (χ1n) is 9.01. The molecule has 4 amide bonds. The molecule has 0 heterocycles. The standard InChI is InChI=1S/C16H30N6O7/c1-8(23)13(15(27)21-10(16(28)29)6-11(19)24)22-12(25)7-20-14(26)9(18)4-2-3-5-17/h8-10,13,23H,2-7,17-18H2,1H3,(H2,19,24)(H,20,26)(H,21,27)(H,22,25)(H,28,29). The van der Waals surface area contributed by atoms with Crippen LogP contribution < -0.4 is 33.2 Å². The number of hydrogen-bond donors (Lipinski definition) is 8. The first-order chi connectivity index (χ1) is 13.5. The Balaban J connectivity index is 4.72. The van der Waals surface area contributed by atoms with Crippen molar-refractivity contribution in [2.24, 2.45) is 17.2 Å². The molecule has 0 aromatic rings. The Hall–Kier alpha value is -2.77. The lowest BCUT2D eigenvalue weighted by Crippen LogP contribution is -2.57. The van der Waals surface area contributed by atoms with Gasteiger partial charge >= 0.3 is 5.97 Å². The summed E-state index contributed by atoms with van der Waals surface area (Å²) in [6.45, 7) is 1.16. The number of nitrogens with one attached hydrogen (secondary N) is 3. The van der Waals surface area contributed by atoms with Gasteiger partial charge in [0.25, 0.3) is 0 Å². The molecule has 0 rings (SSSR count). The topological polar surface area (TPSA) is 240 Å². The van der Waals surface area contributed by atoms with Crippen molar-refractivity contribution in [2.75, 3.05) is 13.1 Å². The lowest BCUT2D eigenvalue weighted by atomic mass is 10.1. The van der Waals surface area contributed by atoms with Crippen molar-refractivity contribution in [1.82, 2.24) is 16.0 Å². The third-order valence-corrected chi connectivity index (χ3v) is 3.83. The van der Waals surface area contributed by atoms with Gasteiger partial charge in [-0.15, -0.1) is 0 Å². The van der Waals surface area contributed by atoms with Crippen molar-refractivity contribution in [2.45, 2.75) is 56.8 Å². The predicted molar refractivity (Wildman–Crippen MR) is 101 cm³/mol. The fourth-order valence-electron chi connectivity index (χ4n) is 2.23. The van der Waals surface area contributed by atoms with Gasteiger partial charge in [0.2, 0.25) is 23.6 Å². The number of unbranched alkanes of at least 4 members (excludes halogenated alkanes) is 1. The number of carbonyl (C=O) groups is 5. The Labute approximate surface area is 167 Å². The first kappa shape index (κ1) is 26.2. The quantitative estimate of drug-likeness (QED) is 0.128. The molecule has 0 aromatic heterocycles. The molecule has 0 radical (unpaired) electrons. The minimum atomic E-state index is -1.62. The van der Waals surface area contributed by atoms with E-state index < -0.39 is 66.8 Å². The third kappa shape index (κ3) is 11.0. The van der Waals surface area contributed by atoms with E-state index in [1.165, 1.54) is 6.92 Å². The molecule has 13 nitrogen and oxygen atoms in total. The molecule has 0 saturated heterocycles. The largest absolute Gasteiger partial charge is 0.480 e. The van der Waals surface area contributed by atoms with Crippen LogP contribution in [0.4, 0.5) is 0 Å². The van der Waals surface area contributed by atoms with Crippen LogP contribution in [-0.2, 0) is 24.0 Å². The highest BCUT2D eigenvalue weighted by atomic mass is 16.4. The molecule has 0 bridgehead atoms. The van der Waals surface area contributed by atoms with Gasteiger partial charge in [0.1, 0.15) is 12.1 Å². The molecule has 0 aliphatic carbocycles. The molecule has 13 heteroatoms.